The highest BCUT2D eigenvalue weighted by Gasteiger charge is 2.34. The fourth-order valence-electron chi connectivity index (χ4n) is 2.95. The molecule has 2 aromatic carbocycles. The van der Waals surface area contributed by atoms with Gasteiger partial charge in [0.2, 0.25) is 17.7 Å². The van der Waals surface area contributed by atoms with Crippen molar-refractivity contribution >= 4 is 23.4 Å². The van der Waals surface area contributed by atoms with Crippen LogP contribution in [-0.4, -0.2) is 39.6 Å². The first-order chi connectivity index (χ1) is 14.5. The number of hydrogen-bond donors (Lipinski definition) is 1. The van der Waals surface area contributed by atoms with Gasteiger partial charge in [-0.2, -0.15) is 0 Å². The first-order valence-corrected chi connectivity index (χ1v) is 9.78. The van der Waals surface area contributed by atoms with Crippen LogP contribution in [0.15, 0.2) is 52.9 Å². The van der Waals surface area contributed by atoms with Gasteiger partial charge in [-0.1, -0.05) is 17.7 Å². The molecule has 9 heteroatoms. The van der Waals surface area contributed by atoms with Gasteiger partial charge in [-0.25, -0.2) is 0 Å². The number of benzene rings is 2. The lowest BCUT2D eigenvalue weighted by Gasteiger charge is -2.20. The van der Waals surface area contributed by atoms with Crippen molar-refractivity contribution in [2.75, 3.05) is 6.61 Å². The molecule has 1 aliphatic carbocycles. The average molecular weight is 427 g/mol. The first kappa shape index (κ1) is 19.9. The third-order valence-corrected chi connectivity index (χ3v) is 4.90. The lowest BCUT2D eigenvalue weighted by atomic mass is 10.2. The number of ether oxygens (including phenoxy) is 1. The predicted molar refractivity (Wildman–Crippen MR) is 109 cm³/mol. The molecular weight excluding hydrogens is 408 g/mol. The first-order valence-electron chi connectivity index (χ1n) is 9.40. The van der Waals surface area contributed by atoms with E-state index >= 15 is 0 Å². The number of primary amides is 1. The van der Waals surface area contributed by atoms with Gasteiger partial charge in [0.05, 0.1) is 6.54 Å². The quantitative estimate of drug-likeness (QED) is 0.592. The molecule has 154 valence electrons. The van der Waals surface area contributed by atoms with Gasteiger partial charge in [-0.3, -0.25) is 9.59 Å². The zero-order valence-corrected chi connectivity index (χ0v) is 16.7. The molecule has 0 spiro atoms. The third kappa shape index (κ3) is 4.77. The molecule has 0 atom stereocenters. The molecule has 1 fully saturated rings. The molecule has 3 aromatic rings. The lowest BCUT2D eigenvalue weighted by Crippen LogP contribution is -2.36. The lowest BCUT2D eigenvalue weighted by molar-refractivity contribution is -0.134. The van der Waals surface area contributed by atoms with E-state index < -0.39 is 5.91 Å². The maximum atomic E-state index is 12.7. The van der Waals surface area contributed by atoms with E-state index in [9.17, 15) is 9.59 Å². The molecule has 2 amide bonds. The topological polar surface area (TPSA) is 112 Å². The Balaban J connectivity index is 1.40. The van der Waals surface area contributed by atoms with Crippen molar-refractivity contribution in [2.45, 2.75) is 25.4 Å². The molecule has 0 saturated heterocycles. The summed E-state index contributed by atoms with van der Waals surface area (Å²) in [7, 11) is 0. The van der Waals surface area contributed by atoms with Gasteiger partial charge in [0.1, 0.15) is 5.75 Å². The summed E-state index contributed by atoms with van der Waals surface area (Å²) in [6.45, 7) is 0.0334. The minimum absolute atomic E-state index is 0.129. The Hall–Kier alpha value is -3.39. The Kier molecular flexibility index (Phi) is 5.67. The van der Waals surface area contributed by atoms with Crippen LogP contribution in [0.1, 0.15) is 29.1 Å². The van der Waals surface area contributed by atoms with Gasteiger partial charge in [0.25, 0.3) is 5.91 Å². The summed E-state index contributed by atoms with van der Waals surface area (Å²) < 4.78 is 11.3. The Morgan fingerprint density at radius 2 is 1.93 bits per heavy atom. The Morgan fingerprint density at radius 1 is 1.17 bits per heavy atom. The molecule has 4 rings (SSSR count). The second-order valence-corrected chi connectivity index (χ2v) is 7.38. The number of aromatic nitrogens is 2. The molecule has 1 saturated carbocycles. The summed E-state index contributed by atoms with van der Waals surface area (Å²) in [5.41, 5.74) is 6.34. The van der Waals surface area contributed by atoms with Crippen molar-refractivity contribution in [3.63, 3.8) is 0 Å². The summed E-state index contributed by atoms with van der Waals surface area (Å²) in [6, 6.07) is 13.6. The van der Waals surface area contributed by atoms with Crippen LogP contribution in [-0.2, 0) is 11.3 Å². The van der Waals surface area contributed by atoms with Gasteiger partial charge in [0.15, 0.2) is 6.61 Å². The number of amides is 2. The standard InChI is InChI=1S/C21H19ClN4O4/c22-15-6-4-13(5-7-15)21-25-24-18(30-21)11-26(16-8-9-16)19(27)12-29-17-3-1-2-14(10-17)20(23)28/h1-7,10,16H,8-9,11-12H2,(H2,23,28). The van der Waals surface area contributed by atoms with Crippen molar-refractivity contribution in [3.8, 4) is 17.2 Å². The van der Waals surface area contributed by atoms with Crippen LogP contribution in [0.25, 0.3) is 11.5 Å². The highest BCUT2D eigenvalue weighted by atomic mass is 35.5. The number of rotatable bonds is 8. The Bertz CT molecular complexity index is 1060. The van der Waals surface area contributed by atoms with Crippen molar-refractivity contribution in [2.24, 2.45) is 5.73 Å². The minimum atomic E-state index is -0.556. The van der Waals surface area contributed by atoms with Crippen molar-refractivity contribution in [1.29, 1.82) is 0 Å². The van der Waals surface area contributed by atoms with E-state index in [1.54, 1.807) is 47.4 Å². The fourth-order valence-corrected chi connectivity index (χ4v) is 3.07. The molecule has 2 N–H and O–H groups in total. The molecule has 1 aliphatic rings. The fraction of sp³-hybridized carbons (Fsp3) is 0.238. The van der Waals surface area contributed by atoms with Gasteiger partial charge < -0.3 is 19.8 Å². The van der Waals surface area contributed by atoms with Gasteiger partial charge >= 0.3 is 0 Å². The molecular formula is C21H19ClN4O4. The second-order valence-electron chi connectivity index (χ2n) is 6.94. The molecule has 1 aromatic heterocycles. The Morgan fingerprint density at radius 3 is 2.63 bits per heavy atom. The monoisotopic (exact) mass is 426 g/mol. The van der Waals surface area contributed by atoms with Crippen LogP contribution < -0.4 is 10.5 Å². The largest absolute Gasteiger partial charge is 0.484 e. The molecule has 0 bridgehead atoms. The van der Waals surface area contributed by atoms with Crippen molar-refractivity contribution in [1.82, 2.24) is 15.1 Å². The number of halogens is 1. The summed E-state index contributed by atoms with van der Waals surface area (Å²) in [6.07, 6.45) is 1.84. The number of nitrogens with zero attached hydrogens (tertiary/aromatic N) is 3. The summed E-state index contributed by atoms with van der Waals surface area (Å²) >= 11 is 5.90. The highest BCUT2D eigenvalue weighted by molar-refractivity contribution is 6.30. The van der Waals surface area contributed by atoms with Crippen LogP contribution in [0.2, 0.25) is 5.02 Å². The normalized spacial score (nSPS) is 13.1. The SMILES string of the molecule is NC(=O)c1cccc(OCC(=O)N(Cc2nnc(-c3ccc(Cl)cc3)o2)C2CC2)c1. The Labute approximate surface area is 177 Å². The molecule has 8 nitrogen and oxygen atoms in total. The summed E-state index contributed by atoms with van der Waals surface area (Å²) in [5.74, 6) is 0.353. The van der Waals surface area contributed by atoms with E-state index in [1.807, 2.05) is 0 Å². The van der Waals surface area contributed by atoms with Gasteiger partial charge in [0, 0.05) is 22.2 Å². The summed E-state index contributed by atoms with van der Waals surface area (Å²) in [4.78, 5) is 25.7. The maximum Gasteiger partial charge on any atom is 0.261 e. The molecule has 0 radical (unpaired) electrons. The number of hydrogen-bond acceptors (Lipinski definition) is 6. The van der Waals surface area contributed by atoms with Crippen molar-refractivity contribution < 1.29 is 18.7 Å². The third-order valence-electron chi connectivity index (χ3n) is 4.65. The number of carbonyl (C=O) groups is 2. The predicted octanol–water partition coefficient (Wildman–Crippen LogP) is 3.06. The van der Waals surface area contributed by atoms with Crippen LogP contribution >= 0.6 is 11.6 Å². The number of carbonyl (C=O) groups excluding carboxylic acids is 2. The van der Waals surface area contributed by atoms with Crippen molar-refractivity contribution in [3.05, 3.63) is 65.0 Å². The van der Waals surface area contributed by atoms with Crippen LogP contribution in [0, 0.1) is 0 Å². The smallest absolute Gasteiger partial charge is 0.261 e. The molecule has 0 aliphatic heterocycles. The van der Waals surface area contributed by atoms with Gasteiger partial charge in [-0.05, 0) is 55.3 Å². The zero-order valence-electron chi connectivity index (χ0n) is 16.0. The maximum absolute atomic E-state index is 12.7. The van der Waals surface area contributed by atoms with E-state index in [1.165, 1.54) is 6.07 Å². The zero-order chi connectivity index (χ0) is 21.1. The van der Waals surface area contributed by atoms with Crippen LogP contribution in [0.5, 0.6) is 5.75 Å². The second kappa shape index (κ2) is 8.54. The average Bonchev–Trinajstić information content (AvgIpc) is 3.48. The number of nitrogens with two attached hydrogens (primary N) is 1. The molecule has 0 unspecified atom stereocenters. The van der Waals surface area contributed by atoms with E-state index in [-0.39, 0.29) is 25.1 Å². The van der Waals surface area contributed by atoms with E-state index in [0.29, 0.717) is 28.1 Å². The molecule has 30 heavy (non-hydrogen) atoms. The molecule has 1 heterocycles. The highest BCUT2D eigenvalue weighted by Crippen LogP contribution is 2.29. The van der Waals surface area contributed by atoms with Crippen LogP contribution in [0.3, 0.4) is 0 Å². The van der Waals surface area contributed by atoms with Gasteiger partial charge in [-0.15, -0.1) is 10.2 Å². The van der Waals surface area contributed by atoms with Crippen LogP contribution in [0.4, 0.5) is 0 Å². The summed E-state index contributed by atoms with van der Waals surface area (Å²) in [5, 5.41) is 8.73. The van der Waals surface area contributed by atoms with E-state index in [2.05, 4.69) is 10.2 Å². The van der Waals surface area contributed by atoms with E-state index in [4.69, 9.17) is 26.5 Å². The van der Waals surface area contributed by atoms with E-state index in [0.717, 1.165) is 18.4 Å². The minimum Gasteiger partial charge on any atom is -0.484 e.